The molecule has 0 heterocycles. The molecule has 1 aromatic carbocycles. The van der Waals surface area contributed by atoms with Crippen molar-refractivity contribution in [2.45, 2.75) is 32.7 Å². The summed E-state index contributed by atoms with van der Waals surface area (Å²) in [7, 11) is 0. The van der Waals surface area contributed by atoms with E-state index in [1.54, 1.807) is 6.92 Å². The first kappa shape index (κ1) is 17.7. The summed E-state index contributed by atoms with van der Waals surface area (Å²) >= 11 is 0. The summed E-state index contributed by atoms with van der Waals surface area (Å²) in [4.78, 5) is 34.5. The van der Waals surface area contributed by atoms with Crippen molar-refractivity contribution in [3.05, 3.63) is 35.9 Å². The van der Waals surface area contributed by atoms with Crippen LogP contribution in [-0.2, 0) is 25.5 Å². The fourth-order valence-electron chi connectivity index (χ4n) is 1.90. The van der Waals surface area contributed by atoms with E-state index in [1.807, 2.05) is 30.3 Å². The highest BCUT2D eigenvalue weighted by Crippen LogP contribution is 2.06. The van der Waals surface area contributed by atoms with Crippen LogP contribution in [-0.4, -0.2) is 37.0 Å². The van der Waals surface area contributed by atoms with E-state index in [2.05, 4.69) is 10.6 Å². The van der Waals surface area contributed by atoms with Crippen molar-refractivity contribution in [1.82, 2.24) is 10.6 Å². The summed E-state index contributed by atoms with van der Waals surface area (Å²) in [6.45, 7) is 3.13. The van der Waals surface area contributed by atoms with Crippen LogP contribution in [0.3, 0.4) is 0 Å². The summed E-state index contributed by atoms with van der Waals surface area (Å²) in [6.07, 6.45) is 1.08. The van der Waals surface area contributed by atoms with Crippen molar-refractivity contribution in [2.24, 2.45) is 0 Å². The van der Waals surface area contributed by atoms with Crippen molar-refractivity contribution >= 4 is 17.8 Å². The molecule has 1 aromatic rings. The van der Waals surface area contributed by atoms with Crippen LogP contribution < -0.4 is 10.6 Å². The van der Waals surface area contributed by atoms with Crippen molar-refractivity contribution in [1.29, 1.82) is 0 Å². The van der Waals surface area contributed by atoms with Crippen molar-refractivity contribution < 1.29 is 19.1 Å². The molecule has 22 heavy (non-hydrogen) atoms. The van der Waals surface area contributed by atoms with Gasteiger partial charge in [0.25, 0.3) is 0 Å². The topological polar surface area (TPSA) is 84.5 Å². The number of ether oxygens (including phenoxy) is 1. The minimum Gasteiger partial charge on any atom is -0.464 e. The van der Waals surface area contributed by atoms with Gasteiger partial charge in [0.2, 0.25) is 11.8 Å². The average Bonchev–Trinajstić information content (AvgIpc) is 2.50. The van der Waals surface area contributed by atoms with Gasteiger partial charge in [-0.3, -0.25) is 9.59 Å². The molecule has 0 unspecified atom stereocenters. The summed E-state index contributed by atoms with van der Waals surface area (Å²) < 4.78 is 4.98. The maximum Gasteiger partial charge on any atom is 0.328 e. The van der Waals surface area contributed by atoms with Gasteiger partial charge < -0.3 is 15.4 Å². The van der Waals surface area contributed by atoms with Crippen molar-refractivity contribution in [2.75, 3.05) is 13.2 Å². The van der Waals surface area contributed by atoms with E-state index in [9.17, 15) is 14.4 Å². The monoisotopic (exact) mass is 306 g/mol. The van der Waals surface area contributed by atoms with Gasteiger partial charge in [0.15, 0.2) is 0 Å². The van der Waals surface area contributed by atoms with Gasteiger partial charge in [-0.25, -0.2) is 4.79 Å². The molecule has 0 aliphatic heterocycles. The van der Waals surface area contributed by atoms with Gasteiger partial charge in [0, 0.05) is 6.92 Å². The van der Waals surface area contributed by atoms with Gasteiger partial charge in [0.1, 0.15) is 6.04 Å². The lowest BCUT2D eigenvalue weighted by molar-refractivity contribution is -0.147. The fourth-order valence-corrected chi connectivity index (χ4v) is 1.90. The third-order valence-corrected chi connectivity index (χ3v) is 2.97. The van der Waals surface area contributed by atoms with E-state index in [-0.39, 0.29) is 19.1 Å². The van der Waals surface area contributed by atoms with Crippen LogP contribution in [0.25, 0.3) is 0 Å². The Kier molecular flexibility index (Phi) is 7.67. The standard InChI is InChI=1S/C16H22N2O4/c1-3-22-16(21)14(18-15(20)11-17-12(2)19)10-9-13-7-5-4-6-8-13/h4-8,14H,3,9-11H2,1-2H3,(H,17,19)(H,18,20)/t14-/m0/s1. The number of aryl methyl sites for hydroxylation is 1. The second-order valence-corrected chi connectivity index (χ2v) is 4.81. The number of hydrogen-bond acceptors (Lipinski definition) is 4. The Morgan fingerprint density at radius 1 is 1.18 bits per heavy atom. The zero-order valence-electron chi connectivity index (χ0n) is 12.9. The molecule has 0 aromatic heterocycles. The van der Waals surface area contributed by atoms with E-state index in [1.165, 1.54) is 6.92 Å². The minimum atomic E-state index is -0.721. The van der Waals surface area contributed by atoms with Gasteiger partial charge in [-0.1, -0.05) is 30.3 Å². The number of benzene rings is 1. The molecule has 1 rings (SSSR count). The number of amides is 2. The number of nitrogens with one attached hydrogen (secondary N) is 2. The first-order valence-corrected chi connectivity index (χ1v) is 7.27. The Balaban J connectivity index is 2.57. The molecule has 0 spiro atoms. The number of esters is 1. The first-order chi connectivity index (χ1) is 10.5. The van der Waals surface area contributed by atoms with Crippen LogP contribution in [0.5, 0.6) is 0 Å². The normalized spacial score (nSPS) is 11.4. The second kappa shape index (κ2) is 9.55. The lowest BCUT2D eigenvalue weighted by Gasteiger charge is -2.17. The second-order valence-electron chi connectivity index (χ2n) is 4.81. The third kappa shape index (κ3) is 6.88. The van der Waals surface area contributed by atoms with E-state index in [0.717, 1.165) is 5.56 Å². The highest BCUT2D eigenvalue weighted by atomic mass is 16.5. The molecule has 1 atom stereocenters. The van der Waals surface area contributed by atoms with E-state index >= 15 is 0 Å². The van der Waals surface area contributed by atoms with Crippen molar-refractivity contribution in [3.8, 4) is 0 Å². The van der Waals surface area contributed by atoms with Crippen LogP contribution in [0.2, 0.25) is 0 Å². The van der Waals surface area contributed by atoms with Crippen LogP contribution in [0, 0.1) is 0 Å². The number of carbonyl (C=O) groups is 3. The highest BCUT2D eigenvalue weighted by Gasteiger charge is 2.21. The van der Waals surface area contributed by atoms with Crippen LogP contribution >= 0.6 is 0 Å². The number of carbonyl (C=O) groups excluding carboxylic acids is 3. The summed E-state index contributed by atoms with van der Waals surface area (Å²) in [6, 6.07) is 8.96. The number of hydrogen-bond donors (Lipinski definition) is 2. The van der Waals surface area contributed by atoms with Gasteiger partial charge in [-0.2, -0.15) is 0 Å². The molecule has 0 aliphatic carbocycles. The molecule has 6 heteroatoms. The molecule has 2 N–H and O–H groups in total. The Morgan fingerprint density at radius 3 is 2.45 bits per heavy atom. The largest absolute Gasteiger partial charge is 0.464 e. The lowest BCUT2D eigenvalue weighted by Crippen LogP contribution is -2.46. The van der Waals surface area contributed by atoms with Gasteiger partial charge in [-0.05, 0) is 25.3 Å². The fraction of sp³-hybridized carbons (Fsp3) is 0.438. The van der Waals surface area contributed by atoms with Crippen LogP contribution in [0.15, 0.2) is 30.3 Å². The maximum atomic E-state index is 11.9. The molecule has 0 bridgehead atoms. The Bertz CT molecular complexity index is 502. The van der Waals surface area contributed by atoms with Crippen LogP contribution in [0.1, 0.15) is 25.8 Å². The quantitative estimate of drug-likeness (QED) is 0.696. The molecule has 2 amide bonds. The zero-order chi connectivity index (χ0) is 16.4. The first-order valence-electron chi connectivity index (χ1n) is 7.27. The Morgan fingerprint density at radius 2 is 1.86 bits per heavy atom. The zero-order valence-corrected chi connectivity index (χ0v) is 12.9. The smallest absolute Gasteiger partial charge is 0.328 e. The SMILES string of the molecule is CCOC(=O)[C@H](CCc1ccccc1)NC(=O)CNC(C)=O. The molecular weight excluding hydrogens is 284 g/mol. The van der Waals surface area contributed by atoms with Gasteiger partial charge in [0.05, 0.1) is 13.2 Å². The minimum absolute atomic E-state index is 0.156. The van der Waals surface area contributed by atoms with E-state index < -0.39 is 17.9 Å². The Hall–Kier alpha value is -2.37. The Labute approximate surface area is 130 Å². The molecule has 0 fully saturated rings. The predicted octanol–water partition coefficient (Wildman–Crippen LogP) is 0.803. The molecule has 0 radical (unpaired) electrons. The van der Waals surface area contributed by atoms with E-state index in [0.29, 0.717) is 12.8 Å². The van der Waals surface area contributed by atoms with Gasteiger partial charge in [-0.15, -0.1) is 0 Å². The van der Waals surface area contributed by atoms with Crippen molar-refractivity contribution in [3.63, 3.8) is 0 Å². The maximum absolute atomic E-state index is 11.9. The molecule has 6 nitrogen and oxygen atoms in total. The predicted molar refractivity (Wildman–Crippen MR) is 82.0 cm³/mol. The average molecular weight is 306 g/mol. The number of rotatable bonds is 8. The highest BCUT2D eigenvalue weighted by molar-refractivity contribution is 5.87. The molecule has 0 saturated carbocycles. The third-order valence-electron chi connectivity index (χ3n) is 2.97. The molecule has 120 valence electrons. The summed E-state index contributed by atoms with van der Waals surface area (Å²) in [5.41, 5.74) is 1.08. The molecular formula is C16H22N2O4. The van der Waals surface area contributed by atoms with E-state index in [4.69, 9.17) is 4.74 Å². The van der Waals surface area contributed by atoms with Gasteiger partial charge >= 0.3 is 5.97 Å². The summed E-state index contributed by atoms with van der Waals surface area (Å²) in [5.74, 6) is -1.18. The van der Waals surface area contributed by atoms with Crippen LogP contribution in [0.4, 0.5) is 0 Å². The summed E-state index contributed by atoms with van der Waals surface area (Å²) in [5, 5.41) is 4.99. The lowest BCUT2D eigenvalue weighted by atomic mass is 10.1. The molecule has 0 aliphatic rings. The molecule has 0 saturated heterocycles.